The molecule has 0 radical (unpaired) electrons. The van der Waals surface area contributed by atoms with E-state index >= 15 is 0 Å². The van der Waals surface area contributed by atoms with Crippen molar-refractivity contribution in [3.8, 4) is 0 Å². The van der Waals surface area contributed by atoms with Gasteiger partial charge in [-0.05, 0) is 35.4 Å². The van der Waals surface area contributed by atoms with E-state index in [0.717, 1.165) is 11.1 Å². The molecule has 0 saturated carbocycles. The normalized spacial score (nSPS) is 11.2. The van der Waals surface area contributed by atoms with Gasteiger partial charge in [0.1, 0.15) is 11.9 Å². The van der Waals surface area contributed by atoms with Crippen molar-refractivity contribution in [2.24, 2.45) is 10.2 Å². The van der Waals surface area contributed by atoms with Gasteiger partial charge in [-0.3, -0.25) is 0 Å². The van der Waals surface area contributed by atoms with Crippen LogP contribution in [-0.4, -0.2) is 0 Å². The lowest BCUT2D eigenvalue weighted by Gasteiger charge is -2.12. The molecule has 0 fully saturated rings. The van der Waals surface area contributed by atoms with Gasteiger partial charge in [0.05, 0.1) is 5.69 Å². The van der Waals surface area contributed by atoms with Crippen LogP contribution in [0, 0.1) is 5.82 Å². The molecule has 0 aliphatic rings. The first-order valence-electron chi connectivity index (χ1n) is 7.09. The third-order valence-electron chi connectivity index (χ3n) is 3.35. The van der Waals surface area contributed by atoms with Crippen LogP contribution in [0.15, 0.2) is 95.2 Å². The first kappa shape index (κ1) is 14.1. The van der Waals surface area contributed by atoms with Gasteiger partial charge in [-0.2, -0.15) is 10.2 Å². The van der Waals surface area contributed by atoms with Crippen molar-refractivity contribution in [2.45, 2.75) is 6.04 Å². The summed E-state index contributed by atoms with van der Waals surface area (Å²) in [6, 6.07) is 25.8. The monoisotopic (exact) mass is 290 g/mol. The first-order chi connectivity index (χ1) is 10.8. The lowest BCUT2D eigenvalue weighted by Crippen LogP contribution is -1.96. The number of hydrogen-bond donors (Lipinski definition) is 0. The maximum absolute atomic E-state index is 12.9. The van der Waals surface area contributed by atoms with Gasteiger partial charge in [0, 0.05) is 0 Å². The van der Waals surface area contributed by atoms with E-state index in [4.69, 9.17) is 0 Å². The van der Waals surface area contributed by atoms with Crippen LogP contribution in [0.1, 0.15) is 17.2 Å². The molecule has 0 atom stereocenters. The van der Waals surface area contributed by atoms with Gasteiger partial charge in [-0.15, -0.1) is 0 Å². The lowest BCUT2D eigenvalue weighted by molar-refractivity contribution is 0.628. The van der Waals surface area contributed by atoms with Gasteiger partial charge in [-0.1, -0.05) is 60.7 Å². The summed E-state index contributed by atoms with van der Waals surface area (Å²) >= 11 is 0. The van der Waals surface area contributed by atoms with Gasteiger partial charge >= 0.3 is 0 Å². The predicted octanol–water partition coefficient (Wildman–Crippen LogP) is 5.70. The summed E-state index contributed by atoms with van der Waals surface area (Å²) in [5, 5.41) is 8.73. The molecule has 0 amide bonds. The number of hydrogen-bond acceptors (Lipinski definition) is 2. The maximum atomic E-state index is 12.9. The first-order valence-corrected chi connectivity index (χ1v) is 7.09. The summed E-state index contributed by atoms with van der Waals surface area (Å²) in [6.07, 6.45) is 0. The molecule has 108 valence electrons. The third-order valence-corrected chi connectivity index (χ3v) is 3.35. The summed E-state index contributed by atoms with van der Waals surface area (Å²) < 4.78 is 12.9. The number of halogens is 1. The van der Waals surface area contributed by atoms with E-state index in [9.17, 15) is 4.39 Å². The molecule has 0 aliphatic carbocycles. The maximum Gasteiger partial charge on any atom is 0.123 e. The van der Waals surface area contributed by atoms with Crippen LogP contribution in [0.25, 0.3) is 0 Å². The lowest BCUT2D eigenvalue weighted by atomic mass is 10.00. The second-order valence-electron chi connectivity index (χ2n) is 4.92. The van der Waals surface area contributed by atoms with Gasteiger partial charge < -0.3 is 0 Å². The zero-order valence-corrected chi connectivity index (χ0v) is 11.9. The highest BCUT2D eigenvalue weighted by molar-refractivity contribution is 5.36. The highest BCUT2D eigenvalue weighted by atomic mass is 19.1. The number of benzene rings is 3. The Kier molecular flexibility index (Phi) is 4.35. The Morgan fingerprint density at radius 2 is 1.14 bits per heavy atom. The van der Waals surface area contributed by atoms with E-state index in [1.165, 1.54) is 12.1 Å². The van der Waals surface area contributed by atoms with Crippen LogP contribution in [0.3, 0.4) is 0 Å². The molecule has 3 heteroatoms. The zero-order chi connectivity index (χ0) is 15.2. The number of nitrogens with zero attached hydrogens (tertiary/aromatic N) is 2. The fraction of sp³-hybridized carbons (Fsp3) is 0.0526. The molecule has 0 aromatic heterocycles. The van der Waals surface area contributed by atoms with Gasteiger partial charge in [0.15, 0.2) is 0 Å². The van der Waals surface area contributed by atoms with Crippen molar-refractivity contribution >= 4 is 5.69 Å². The average molecular weight is 290 g/mol. The molecular formula is C19H15FN2. The van der Waals surface area contributed by atoms with Crippen LogP contribution < -0.4 is 0 Å². The molecule has 3 aromatic carbocycles. The van der Waals surface area contributed by atoms with Crippen LogP contribution in [0.4, 0.5) is 10.1 Å². The molecule has 0 bridgehead atoms. The molecule has 2 nitrogen and oxygen atoms in total. The summed E-state index contributed by atoms with van der Waals surface area (Å²) in [4.78, 5) is 0. The molecule has 0 heterocycles. The smallest absolute Gasteiger partial charge is 0.123 e. The molecule has 22 heavy (non-hydrogen) atoms. The molecule has 0 N–H and O–H groups in total. The van der Waals surface area contributed by atoms with Crippen molar-refractivity contribution in [1.82, 2.24) is 0 Å². The Morgan fingerprint density at radius 1 is 0.636 bits per heavy atom. The summed E-state index contributed by atoms with van der Waals surface area (Å²) in [7, 11) is 0. The molecule has 0 saturated heterocycles. The van der Waals surface area contributed by atoms with E-state index in [1.54, 1.807) is 12.1 Å². The topological polar surface area (TPSA) is 24.7 Å². The Hall–Kier alpha value is -2.81. The van der Waals surface area contributed by atoms with Crippen LogP contribution in [0.2, 0.25) is 0 Å². The van der Waals surface area contributed by atoms with Gasteiger partial charge in [0.25, 0.3) is 0 Å². The molecule has 0 aliphatic heterocycles. The molecule has 0 spiro atoms. The Balaban J connectivity index is 1.94. The van der Waals surface area contributed by atoms with E-state index in [2.05, 4.69) is 10.2 Å². The van der Waals surface area contributed by atoms with E-state index in [-0.39, 0.29) is 11.9 Å². The Bertz CT molecular complexity index is 698. The van der Waals surface area contributed by atoms with Gasteiger partial charge in [0.2, 0.25) is 0 Å². The van der Waals surface area contributed by atoms with Crippen molar-refractivity contribution in [3.63, 3.8) is 0 Å². The van der Waals surface area contributed by atoms with Crippen molar-refractivity contribution in [3.05, 3.63) is 102 Å². The quantitative estimate of drug-likeness (QED) is 0.551. The van der Waals surface area contributed by atoms with Crippen molar-refractivity contribution < 1.29 is 4.39 Å². The minimum absolute atomic E-state index is 0.174. The Morgan fingerprint density at radius 3 is 1.64 bits per heavy atom. The second kappa shape index (κ2) is 6.76. The highest BCUT2D eigenvalue weighted by Crippen LogP contribution is 2.27. The minimum Gasteiger partial charge on any atom is -0.207 e. The predicted molar refractivity (Wildman–Crippen MR) is 85.6 cm³/mol. The summed E-state index contributed by atoms with van der Waals surface area (Å²) in [5.74, 6) is -0.276. The van der Waals surface area contributed by atoms with Crippen LogP contribution in [0.5, 0.6) is 0 Å². The third kappa shape index (κ3) is 3.44. The minimum atomic E-state index is -0.276. The van der Waals surface area contributed by atoms with Crippen LogP contribution >= 0.6 is 0 Å². The van der Waals surface area contributed by atoms with E-state index in [1.807, 2.05) is 60.7 Å². The largest absolute Gasteiger partial charge is 0.207 e. The fourth-order valence-corrected chi connectivity index (χ4v) is 2.23. The molecule has 3 rings (SSSR count). The standard InChI is InChI=1S/C19H15FN2/c20-17-11-13-18(14-12-17)21-22-19(15-7-3-1-4-8-15)16-9-5-2-6-10-16/h1-14,19H. The van der Waals surface area contributed by atoms with E-state index in [0.29, 0.717) is 5.69 Å². The van der Waals surface area contributed by atoms with E-state index < -0.39 is 0 Å². The highest BCUT2D eigenvalue weighted by Gasteiger charge is 2.12. The number of azo groups is 1. The average Bonchev–Trinajstić information content (AvgIpc) is 2.59. The molecular weight excluding hydrogens is 275 g/mol. The second-order valence-corrected chi connectivity index (χ2v) is 4.92. The SMILES string of the molecule is Fc1ccc(N=NC(c2ccccc2)c2ccccc2)cc1. The fourth-order valence-electron chi connectivity index (χ4n) is 2.23. The van der Waals surface area contributed by atoms with Crippen molar-refractivity contribution in [1.29, 1.82) is 0 Å². The number of rotatable bonds is 4. The van der Waals surface area contributed by atoms with Gasteiger partial charge in [-0.25, -0.2) is 4.39 Å². The van der Waals surface area contributed by atoms with Crippen molar-refractivity contribution in [2.75, 3.05) is 0 Å². The summed E-state index contributed by atoms with van der Waals surface area (Å²) in [5.41, 5.74) is 2.78. The molecule has 3 aromatic rings. The zero-order valence-electron chi connectivity index (χ0n) is 11.9. The van der Waals surface area contributed by atoms with Crippen LogP contribution in [-0.2, 0) is 0 Å². The molecule has 0 unspecified atom stereocenters. The summed E-state index contributed by atoms with van der Waals surface area (Å²) in [6.45, 7) is 0. The Labute approximate surface area is 129 Å².